The fourth-order valence-electron chi connectivity index (χ4n) is 2.70. The van der Waals surface area contributed by atoms with E-state index in [1.165, 1.54) is 31.5 Å². The number of non-ortho nitro benzene ring substituents is 1. The van der Waals surface area contributed by atoms with Crippen molar-refractivity contribution in [2.75, 3.05) is 7.11 Å². The Bertz CT molecular complexity index is 1310. The molecule has 2 N–H and O–H groups in total. The van der Waals surface area contributed by atoms with Crippen molar-refractivity contribution in [3.63, 3.8) is 0 Å². The van der Waals surface area contributed by atoms with Gasteiger partial charge in [0.25, 0.3) is 11.6 Å². The number of benzene rings is 3. The Morgan fingerprint density at radius 3 is 2.41 bits per heavy atom. The number of rotatable bonds is 8. The molecule has 13 heteroatoms. The molecule has 1 amide bonds. The molecule has 0 bridgehead atoms. The highest BCUT2D eigenvalue weighted by molar-refractivity contribution is 14.1. The SMILES string of the molecule is COc1cc(/C=N/NC(=O)c2ccc(I)c(O)c2)ccc1Oc1ccc([N+](=O)[O-])cc1[N+](=O)[O-]. The van der Waals surface area contributed by atoms with Gasteiger partial charge in [-0.1, -0.05) is 0 Å². The zero-order valence-electron chi connectivity index (χ0n) is 17.3. The zero-order valence-corrected chi connectivity index (χ0v) is 19.5. The Labute approximate surface area is 205 Å². The highest BCUT2D eigenvalue weighted by Gasteiger charge is 2.22. The molecule has 0 radical (unpaired) electrons. The van der Waals surface area contributed by atoms with E-state index in [0.29, 0.717) is 9.13 Å². The molecular weight excluding hydrogens is 563 g/mol. The van der Waals surface area contributed by atoms with Crippen LogP contribution in [0, 0.1) is 23.8 Å². The summed E-state index contributed by atoms with van der Waals surface area (Å²) in [6.07, 6.45) is 1.34. The lowest BCUT2D eigenvalue weighted by Crippen LogP contribution is -2.17. The summed E-state index contributed by atoms with van der Waals surface area (Å²) in [4.78, 5) is 32.8. The van der Waals surface area contributed by atoms with E-state index >= 15 is 0 Å². The van der Waals surface area contributed by atoms with Gasteiger partial charge in [0.1, 0.15) is 5.75 Å². The number of phenols is 1. The molecular formula is C21H15IN4O8. The maximum Gasteiger partial charge on any atom is 0.318 e. The van der Waals surface area contributed by atoms with E-state index in [4.69, 9.17) is 9.47 Å². The smallest absolute Gasteiger partial charge is 0.318 e. The van der Waals surface area contributed by atoms with Crippen molar-refractivity contribution in [2.24, 2.45) is 5.10 Å². The van der Waals surface area contributed by atoms with Gasteiger partial charge in [-0.3, -0.25) is 25.0 Å². The average Bonchev–Trinajstić information content (AvgIpc) is 2.81. The van der Waals surface area contributed by atoms with Gasteiger partial charge < -0.3 is 14.6 Å². The minimum atomic E-state index is -0.786. The summed E-state index contributed by atoms with van der Waals surface area (Å²) >= 11 is 1.93. The van der Waals surface area contributed by atoms with Gasteiger partial charge >= 0.3 is 5.69 Å². The van der Waals surface area contributed by atoms with Gasteiger partial charge in [0.2, 0.25) is 5.75 Å². The average molecular weight is 578 g/mol. The molecule has 3 rings (SSSR count). The number of hydrogen-bond acceptors (Lipinski definition) is 9. The number of hydrogen-bond donors (Lipinski definition) is 2. The van der Waals surface area contributed by atoms with Crippen molar-refractivity contribution < 1.29 is 29.2 Å². The molecule has 0 saturated heterocycles. The minimum absolute atomic E-state index is 0.0224. The number of ether oxygens (including phenoxy) is 2. The Balaban J connectivity index is 1.77. The predicted octanol–water partition coefficient (Wildman–Crippen LogP) is 4.38. The molecule has 12 nitrogen and oxygen atoms in total. The van der Waals surface area contributed by atoms with Crippen LogP contribution >= 0.6 is 22.6 Å². The largest absolute Gasteiger partial charge is 0.507 e. The molecule has 174 valence electrons. The molecule has 0 aliphatic heterocycles. The molecule has 0 atom stereocenters. The lowest BCUT2D eigenvalue weighted by molar-refractivity contribution is -0.394. The Morgan fingerprint density at radius 2 is 1.76 bits per heavy atom. The van der Waals surface area contributed by atoms with Gasteiger partial charge in [-0.2, -0.15) is 5.10 Å². The number of methoxy groups -OCH3 is 1. The fourth-order valence-corrected chi connectivity index (χ4v) is 3.03. The molecule has 0 aromatic heterocycles. The number of nitrogens with zero attached hydrogens (tertiary/aromatic N) is 3. The van der Waals surface area contributed by atoms with Crippen molar-refractivity contribution in [1.29, 1.82) is 0 Å². The second kappa shape index (κ2) is 10.6. The lowest BCUT2D eigenvalue weighted by Gasteiger charge is -2.11. The number of carbonyl (C=O) groups is 1. The molecule has 0 fully saturated rings. The number of nitro benzene ring substituents is 2. The molecule has 0 aliphatic carbocycles. The van der Waals surface area contributed by atoms with Gasteiger partial charge in [-0.25, -0.2) is 5.43 Å². The van der Waals surface area contributed by atoms with Gasteiger partial charge in [0.15, 0.2) is 11.5 Å². The first kappa shape index (κ1) is 24.4. The van der Waals surface area contributed by atoms with Gasteiger partial charge in [0, 0.05) is 11.6 Å². The van der Waals surface area contributed by atoms with Crippen molar-refractivity contribution in [3.05, 3.63) is 89.5 Å². The number of halogens is 1. The Kier molecular flexibility index (Phi) is 7.57. The fraction of sp³-hybridized carbons (Fsp3) is 0.0476. The van der Waals surface area contributed by atoms with Gasteiger partial charge in [-0.15, -0.1) is 0 Å². The summed E-state index contributed by atoms with van der Waals surface area (Å²) in [5.74, 6) is -0.435. The van der Waals surface area contributed by atoms with Gasteiger partial charge in [0.05, 0.1) is 32.8 Å². The van der Waals surface area contributed by atoms with Crippen LogP contribution in [0.15, 0.2) is 59.7 Å². The molecule has 0 unspecified atom stereocenters. The van der Waals surface area contributed by atoms with Crippen LogP contribution in [0.25, 0.3) is 0 Å². The standard InChI is InChI=1S/C21H15IN4O8/c1-33-20-8-12(11-23-24-21(28)13-3-5-15(22)17(27)9-13)2-6-19(20)34-18-7-4-14(25(29)30)10-16(18)26(31)32/h2-11,27H,1H3,(H,24,28)/b23-11+. The first-order valence-corrected chi connectivity index (χ1v) is 10.4. The highest BCUT2D eigenvalue weighted by atomic mass is 127. The van der Waals surface area contributed by atoms with E-state index in [-0.39, 0.29) is 28.6 Å². The van der Waals surface area contributed by atoms with E-state index < -0.39 is 27.1 Å². The zero-order chi connectivity index (χ0) is 24.8. The second-order valence-corrected chi connectivity index (χ2v) is 7.71. The van der Waals surface area contributed by atoms with Crippen LogP contribution in [0.1, 0.15) is 15.9 Å². The minimum Gasteiger partial charge on any atom is -0.507 e. The maximum absolute atomic E-state index is 12.2. The number of aromatic hydroxyl groups is 1. The first-order valence-electron chi connectivity index (χ1n) is 9.30. The summed E-state index contributed by atoms with van der Waals surface area (Å²) < 4.78 is 11.4. The van der Waals surface area contributed by atoms with Gasteiger partial charge in [-0.05, 0) is 70.6 Å². The summed E-state index contributed by atoms with van der Waals surface area (Å²) in [5.41, 5.74) is 2.04. The highest BCUT2D eigenvalue weighted by Crippen LogP contribution is 2.38. The molecule has 0 spiro atoms. The second-order valence-electron chi connectivity index (χ2n) is 6.54. The molecule has 3 aromatic rings. The predicted molar refractivity (Wildman–Crippen MR) is 129 cm³/mol. The van der Waals surface area contributed by atoms with Crippen LogP contribution in [0.3, 0.4) is 0 Å². The number of hydrazone groups is 1. The lowest BCUT2D eigenvalue weighted by atomic mass is 10.2. The summed E-state index contributed by atoms with van der Waals surface area (Å²) in [5, 5.41) is 35.8. The first-order chi connectivity index (χ1) is 16.2. The topological polar surface area (TPSA) is 166 Å². The Hall–Kier alpha value is -4.27. The van der Waals surface area contributed by atoms with Crippen molar-refractivity contribution >= 4 is 46.1 Å². The van der Waals surface area contributed by atoms with Crippen LogP contribution in [-0.4, -0.2) is 34.2 Å². The number of carbonyl (C=O) groups excluding carboxylic acids is 1. The number of phenolic OH excluding ortho intramolecular Hbond substituents is 1. The number of nitro groups is 2. The monoisotopic (exact) mass is 578 g/mol. The molecule has 0 heterocycles. The van der Waals surface area contributed by atoms with E-state index in [9.17, 15) is 30.1 Å². The van der Waals surface area contributed by atoms with Crippen molar-refractivity contribution in [1.82, 2.24) is 5.43 Å². The summed E-state index contributed by atoms with van der Waals surface area (Å²) in [7, 11) is 1.36. The van der Waals surface area contributed by atoms with Crippen LogP contribution in [0.4, 0.5) is 11.4 Å². The maximum atomic E-state index is 12.2. The normalized spacial score (nSPS) is 10.6. The van der Waals surface area contributed by atoms with E-state index in [1.807, 2.05) is 22.6 Å². The number of amides is 1. The summed E-state index contributed by atoms with van der Waals surface area (Å²) in [6.45, 7) is 0. The number of nitrogens with one attached hydrogen (secondary N) is 1. The Morgan fingerprint density at radius 1 is 1.03 bits per heavy atom. The quantitative estimate of drug-likeness (QED) is 0.172. The van der Waals surface area contributed by atoms with Crippen LogP contribution in [-0.2, 0) is 0 Å². The van der Waals surface area contributed by atoms with Crippen LogP contribution in [0.5, 0.6) is 23.0 Å². The molecule has 34 heavy (non-hydrogen) atoms. The van der Waals surface area contributed by atoms with E-state index in [1.54, 1.807) is 18.2 Å². The third kappa shape index (κ3) is 5.74. The third-order valence-electron chi connectivity index (χ3n) is 4.35. The van der Waals surface area contributed by atoms with E-state index in [2.05, 4.69) is 10.5 Å². The summed E-state index contributed by atoms with van der Waals surface area (Å²) in [6, 6.07) is 12.0. The molecule has 0 saturated carbocycles. The van der Waals surface area contributed by atoms with Crippen molar-refractivity contribution in [2.45, 2.75) is 0 Å². The van der Waals surface area contributed by atoms with Crippen LogP contribution < -0.4 is 14.9 Å². The molecule has 0 aliphatic rings. The van der Waals surface area contributed by atoms with Crippen molar-refractivity contribution in [3.8, 4) is 23.0 Å². The third-order valence-corrected chi connectivity index (χ3v) is 5.26. The van der Waals surface area contributed by atoms with Crippen LogP contribution in [0.2, 0.25) is 0 Å². The molecule has 3 aromatic carbocycles. The van der Waals surface area contributed by atoms with E-state index in [0.717, 1.165) is 18.2 Å².